The molecule has 0 atom stereocenters. The highest BCUT2D eigenvalue weighted by molar-refractivity contribution is 5.94. The summed E-state index contributed by atoms with van der Waals surface area (Å²) < 4.78 is 5.06. The van der Waals surface area contributed by atoms with Crippen molar-refractivity contribution in [2.75, 3.05) is 7.11 Å². The summed E-state index contributed by atoms with van der Waals surface area (Å²) in [4.78, 5) is 8.67. The van der Waals surface area contributed by atoms with Crippen LogP contribution in [0.3, 0.4) is 0 Å². The lowest BCUT2D eigenvalue weighted by molar-refractivity contribution is 0.398. The van der Waals surface area contributed by atoms with Crippen LogP contribution in [-0.4, -0.2) is 17.1 Å². The van der Waals surface area contributed by atoms with E-state index in [1.54, 1.807) is 13.3 Å². The van der Waals surface area contributed by atoms with E-state index in [0.29, 0.717) is 5.88 Å². The van der Waals surface area contributed by atoms with Crippen molar-refractivity contribution in [1.29, 1.82) is 0 Å². The van der Waals surface area contributed by atoms with E-state index in [-0.39, 0.29) is 0 Å². The van der Waals surface area contributed by atoms with Gasteiger partial charge in [0.05, 0.1) is 12.8 Å². The number of hydrogen-bond acceptors (Lipinski definition) is 3. The minimum Gasteiger partial charge on any atom is -0.481 e. The number of methoxy groups -OCH3 is 1. The van der Waals surface area contributed by atoms with Crippen molar-refractivity contribution in [2.24, 2.45) is 0 Å². The number of hydrogen-bond donors (Lipinski definition) is 0. The zero-order valence-electron chi connectivity index (χ0n) is 10.00. The molecule has 3 heteroatoms. The van der Waals surface area contributed by atoms with Gasteiger partial charge in [-0.25, -0.2) is 4.98 Å². The first-order chi connectivity index (χ1) is 8.88. The monoisotopic (exact) mass is 236 g/mol. The molecule has 88 valence electrons. The van der Waals surface area contributed by atoms with Crippen LogP contribution in [0.25, 0.3) is 22.0 Å². The Balaban J connectivity index is 2.18. The van der Waals surface area contributed by atoms with Gasteiger partial charge in [0.15, 0.2) is 0 Å². The van der Waals surface area contributed by atoms with E-state index >= 15 is 0 Å². The molecule has 0 spiro atoms. The van der Waals surface area contributed by atoms with Crippen molar-refractivity contribution in [1.82, 2.24) is 9.97 Å². The second-order valence-corrected chi connectivity index (χ2v) is 3.97. The largest absolute Gasteiger partial charge is 0.481 e. The molecule has 2 heterocycles. The summed E-state index contributed by atoms with van der Waals surface area (Å²) in [7, 11) is 1.61. The minimum absolute atomic E-state index is 0.610. The van der Waals surface area contributed by atoms with Crippen LogP contribution in [0.5, 0.6) is 5.88 Å². The Bertz CT molecular complexity index is 672. The summed E-state index contributed by atoms with van der Waals surface area (Å²) in [5, 5.41) is 2.31. The normalized spacial score (nSPS) is 10.5. The number of aromatic nitrogens is 2. The van der Waals surface area contributed by atoms with Gasteiger partial charge in [0, 0.05) is 29.4 Å². The maximum atomic E-state index is 5.06. The van der Waals surface area contributed by atoms with Gasteiger partial charge in [-0.15, -0.1) is 0 Å². The third-order valence-electron chi connectivity index (χ3n) is 2.89. The van der Waals surface area contributed by atoms with Crippen LogP contribution in [0.15, 0.2) is 54.9 Å². The van der Waals surface area contributed by atoms with Gasteiger partial charge in [0.25, 0.3) is 0 Å². The molecule has 0 unspecified atom stereocenters. The van der Waals surface area contributed by atoms with Crippen LogP contribution < -0.4 is 4.74 Å². The SMILES string of the molecule is COc1ccc(-c2nccc3ccccc23)cn1. The van der Waals surface area contributed by atoms with Gasteiger partial charge in [-0.1, -0.05) is 24.3 Å². The molecule has 0 bridgehead atoms. The first-order valence-electron chi connectivity index (χ1n) is 5.72. The summed E-state index contributed by atoms with van der Waals surface area (Å²) in [6.45, 7) is 0. The standard InChI is InChI=1S/C15H12N2O/c1-18-14-7-6-12(10-17-14)15-13-5-3-2-4-11(13)8-9-16-15/h2-10H,1H3. The van der Waals surface area contributed by atoms with Crippen LogP contribution in [0, 0.1) is 0 Å². The molecule has 3 nitrogen and oxygen atoms in total. The van der Waals surface area contributed by atoms with Crippen molar-refractivity contribution < 1.29 is 4.74 Å². The van der Waals surface area contributed by atoms with Gasteiger partial charge in [-0.2, -0.15) is 0 Å². The third kappa shape index (κ3) is 1.80. The zero-order valence-corrected chi connectivity index (χ0v) is 10.00. The van der Waals surface area contributed by atoms with Crippen molar-refractivity contribution in [3.8, 4) is 17.1 Å². The second kappa shape index (κ2) is 4.45. The molecular weight excluding hydrogens is 224 g/mol. The molecule has 0 fully saturated rings. The lowest BCUT2D eigenvalue weighted by Crippen LogP contribution is -1.89. The summed E-state index contributed by atoms with van der Waals surface area (Å²) in [6.07, 6.45) is 3.61. The maximum absolute atomic E-state index is 5.06. The summed E-state index contributed by atoms with van der Waals surface area (Å²) in [5.41, 5.74) is 1.94. The maximum Gasteiger partial charge on any atom is 0.212 e. The fraction of sp³-hybridized carbons (Fsp3) is 0.0667. The molecule has 18 heavy (non-hydrogen) atoms. The van der Waals surface area contributed by atoms with Gasteiger partial charge in [0.2, 0.25) is 5.88 Å². The number of nitrogens with zero attached hydrogens (tertiary/aromatic N) is 2. The highest BCUT2D eigenvalue weighted by Gasteiger charge is 2.05. The van der Waals surface area contributed by atoms with Crippen LogP contribution in [0.4, 0.5) is 0 Å². The number of rotatable bonds is 2. The fourth-order valence-corrected chi connectivity index (χ4v) is 1.99. The van der Waals surface area contributed by atoms with Crippen LogP contribution in [-0.2, 0) is 0 Å². The Kier molecular flexibility index (Phi) is 2.65. The molecule has 0 saturated carbocycles. The molecule has 2 aromatic heterocycles. The number of benzene rings is 1. The molecule has 0 aliphatic carbocycles. The smallest absolute Gasteiger partial charge is 0.212 e. The third-order valence-corrected chi connectivity index (χ3v) is 2.89. The molecule has 1 aromatic carbocycles. The van der Waals surface area contributed by atoms with Gasteiger partial charge >= 0.3 is 0 Å². The topological polar surface area (TPSA) is 35.0 Å². The Labute approximate surface area is 105 Å². The Morgan fingerprint density at radius 3 is 2.61 bits per heavy atom. The van der Waals surface area contributed by atoms with Gasteiger partial charge in [-0.3, -0.25) is 4.98 Å². The summed E-state index contributed by atoms with van der Waals surface area (Å²) >= 11 is 0. The number of pyridine rings is 2. The average Bonchev–Trinajstić information content (AvgIpc) is 2.47. The van der Waals surface area contributed by atoms with Crippen LogP contribution in [0.2, 0.25) is 0 Å². The van der Waals surface area contributed by atoms with Crippen LogP contribution >= 0.6 is 0 Å². The van der Waals surface area contributed by atoms with Gasteiger partial charge < -0.3 is 4.74 Å². The van der Waals surface area contributed by atoms with E-state index in [1.165, 1.54) is 5.39 Å². The molecule has 0 aliphatic rings. The van der Waals surface area contributed by atoms with E-state index in [4.69, 9.17) is 4.74 Å². The summed E-state index contributed by atoms with van der Waals surface area (Å²) in [6, 6.07) is 14.0. The molecule has 0 radical (unpaired) electrons. The van der Waals surface area contributed by atoms with Crippen molar-refractivity contribution in [2.45, 2.75) is 0 Å². The quantitative estimate of drug-likeness (QED) is 0.684. The molecule has 3 rings (SSSR count). The van der Waals surface area contributed by atoms with Gasteiger partial charge in [0.1, 0.15) is 0 Å². The molecule has 3 aromatic rings. The fourth-order valence-electron chi connectivity index (χ4n) is 1.99. The lowest BCUT2D eigenvalue weighted by Gasteiger charge is -2.05. The van der Waals surface area contributed by atoms with E-state index in [9.17, 15) is 0 Å². The molecule has 0 aliphatic heterocycles. The molecule has 0 amide bonds. The first-order valence-corrected chi connectivity index (χ1v) is 5.72. The van der Waals surface area contributed by atoms with Crippen molar-refractivity contribution >= 4 is 10.8 Å². The Morgan fingerprint density at radius 1 is 0.944 bits per heavy atom. The first kappa shape index (κ1) is 10.7. The predicted octanol–water partition coefficient (Wildman–Crippen LogP) is 3.31. The highest BCUT2D eigenvalue weighted by Crippen LogP contribution is 2.26. The molecular formula is C15H12N2O. The van der Waals surface area contributed by atoms with E-state index < -0.39 is 0 Å². The van der Waals surface area contributed by atoms with Gasteiger partial charge in [-0.05, 0) is 17.5 Å². The molecule has 0 saturated heterocycles. The average molecular weight is 236 g/mol. The van der Waals surface area contributed by atoms with E-state index in [1.807, 2.05) is 36.5 Å². The van der Waals surface area contributed by atoms with Crippen LogP contribution in [0.1, 0.15) is 0 Å². The zero-order chi connectivity index (χ0) is 12.4. The van der Waals surface area contributed by atoms with E-state index in [2.05, 4.69) is 22.1 Å². The number of fused-ring (bicyclic) bond motifs is 1. The van der Waals surface area contributed by atoms with E-state index in [0.717, 1.165) is 16.6 Å². The highest BCUT2D eigenvalue weighted by atomic mass is 16.5. The molecule has 0 N–H and O–H groups in total. The minimum atomic E-state index is 0.610. The van der Waals surface area contributed by atoms with Crippen molar-refractivity contribution in [3.63, 3.8) is 0 Å². The van der Waals surface area contributed by atoms with Crippen molar-refractivity contribution in [3.05, 3.63) is 54.9 Å². The lowest BCUT2D eigenvalue weighted by atomic mass is 10.1. The summed E-state index contributed by atoms with van der Waals surface area (Å²) in [5.74, 6) is 0.610. The predicted molar refractivity (Wildman–Crippen MR) is 71.5 cm³/mol. The number of ether oxygens (including phenoxy) is 1. The second-order valence-electron chi connectivity index (χ2n) is 3.97. The Morgan fingerprint density at radius 2 is 1.83 bits per heavy atom. The Hall–Kier alpha value is -2.42.